The lowest BCUT2D eigenvalue weighted by Crippen LogP contribution is -2.11. The maximum Gasteiger partial charge on any atom is 0.341 e. The van der Waals surface area contributed by atoms with E-state index in [4.69, 9.17) is 11.6 Å². The zero-order chi connectivity index (χ0) is 22.3. The minimum atomic E-state index is -1.10. The summed E-state index contributed by atoms with van der Waals surface area (Å²) in [5.74, 6) is -0.561. The summed E-state index contributed by atoms with van der Waals surface area (Å²) in [4.78, 5) is 20.3. The van der Waals surface area contributed by atoms with Crippen molar-refractivity contribution in [2.45, 2.75) is 13.0 Å². The molecule has 1 heterocycles. The highest BCUT2D eigenvalue weighted by Crippen LogP contribution is 2.25. The van der Waals surface area contributed by atoms with E-state index < -0.39 is 5.97 Å². The molecule has 3 aromatic carbocycles. The molecule has 32 heavy (non-hydrogen) atoms. The van der Waals surface area contributed by atoms with Crippen LogP contribution in [-0.2, 0) is 13.0 Å². The average Bonchev–Trinajstić information content (AvgIpc) is 2.80. The van der Waals surface area contributed by atoms with Gasteiger partial charge in [0, 0.05) is 23.5 Å². The van der Waals surface area contributed by atoms with Gasteiger partial charge in [0.2, 0.25) is 5.95 Å². The van der Waals surface area contributed by atoms with E-state index >= 15 is 0 Å². The lowest BCUT2D eigenvalue weighted by molar-refractivity contribution is 0.0697. The van der Waals surface area contributed by atoms with Crippen LogP contribution in [0.4, 0.5) is 17.5 Å². The zero-order valence-corrected chi connectivity index (χ0v) is 17.9. The molecule has 0 amide bonds. The van der Waals surface area contributed by atoms with Gasteiger partial charge >= 0.3 is 5.97 Å². The number of aromatic nitrogens is 2. The summed E-state index contributed by atoms with van der Waals surface area (Å²) in [7, 11) is 0. The van der Waals surface area contributed by atoms with Crippen LogP contribution in [0.2, 0.25) is 5.02 Å². The number of rotatable bonds is 8. The number of hydrogen-bond donors (Lipinski definition) is 3. The SMILES string of the molecule is O=C(O)c1cnc(NCc2cccc(Cl)c2)nc1Nc1ccccc1Cc1ccccc1. The second-order valence-corrected chi connectivity index (χ2v) is 7.63. The quantitative estimate of drug-likeness (QED) is 0.319. The van der Waals surface area contributed by atoms with E-state index in [1.54, 1.807) is 6.07 Å². The van der Waals surface area contributed by atoms with E-state index in [-0.39, 0.29) is 11.4 Å². The number of carbonyl (C=O) groups is 1. The Balaban J connectivity index is 1.58. The Kier molecular flexibility index (Phi) is 6.63. The maximum atomic E-state index is 11.8. The fourth-order valence-electron chi connectivity index (χ4n) is 3.29. The number of aromatic carboxylic acids is 1. The standard InChI is InChI=1S/C25H21ClN4O2/c26-20-11-6-9-18(14-20)15-27-25-28-16-21(24(31)32)23(30-25)29-22-12-5-4-10-19(22)13-17-7-2-1-3-8-17/h1-12,14,16H,13,15H2,(H,31,32)(H2,27,28,29,30). The van der Waals surface area contributed by atoms with Crippen LogP contribution in [0.5, 0.6) is 0 Å². The second kappa shape index (κ2) is 9.94. The summed E-state index contributed by atoms with van der Waals surface area (Å²) < 4.78 is 0. The zero-order valence-electron chi connectivity index (χ0n) is 17.1. The molecule has 0 unspecified atom stereocenters. The van der Waals surface area contributed by atoms with Crippen molar-refractivity contribution in [3.8, 4) is 0 Å². The summed E-state index contributed by atoms with van der Waals surface area (Å²) >= 11 is 6.04. The number of carboxylic acids is 1. The average molecular weight is 445 g/mol. The van der Waals surface area contributed by atoms with Crippen LogP contribution in [0.1, 0.15) is 27.0 Å². The third kappa shape index (κ3) is 5.42. The number of nitrogens with one attached hydrogen (secondary N) is 2. The highest BCUT2D eigenvalue weighted by Gasteiger charge is 2.15. The Hall–Kier alpha value is -3.90. The van der Waals surface area contributed by atoms with E-state index in [1.165, 1.54) is 6.20 Å². The molecule has 0 spiro atoms. The first kappa shape index (κ1) is 21.3. The van der Waals surface area contributed by atoms with Crippen LogP contribution >= 0.6 is 11.6 Å². The minimum Gasteiger partial charge on any atom is -0.477 e. The molecule has 6 nitrogen and oxygen atoms in total. The Morgan fingerprint density at radius 2 is 1.69 bits per heavy atom. The van der Waals surface area contributed by atoms with Gasteiger partial charge in [0.25, 0.3) is 0 Å². The first-order valence-corrected chi connectivity index (χ1v) is 10.4. The van der Waals surface area contributed by atoms with E-state index in [2.05, 4.69) is 32.7 Å². The molecule has 160 valence electrons. The summed E-state index contributed by atoms with van der Waals surface area (Å²) in [6, 6.07) is 25.3. The molecule has 0 radical (unpaired) electrons. The predicted octanol–water partition coefficient (Wildman–Crippen LogP) is 5.77. The second-order valence-electron chi connectivity index (χ2n) is 7.19. The highest BCUT2D eigenvalue weighted by molar-refractivity contribution is 6.30. The molecule has 0 bridgehead atoms. The van der Waals surface area contributed by atoms with Gasteiger partial charge in [-0.2, -0.15) is 4.98 Å². The molecule has 0 saturated heterocycles. The summed E-state index contributed by atoms with van der Waals surface area (Å²) in [5, 5.41) is 16.6. The van der Waals surface area contributed by atoms with Crippen molar-refractivity contribution in [1.29, 1.82) is 0 Å². The number of benzene rings is 3. The van der Waals surface area contributed by atoms with Crippen LogP contribution in [0.25, 0.3) is 0 Å². The van der Waals surface area contributed by atoms with E-state index in [0.717, 1.165) is 22.4 Å². The van der Waals surface area contributed by atoms with Crippen LogP contribution in [-0.4, -0.2) is 21.0 Å². The largest absolute Gasteiger partial charge is 0.477 e. The smallest absolute Gasteiger partial charge is 0.341 e. The fourth-order valence-corrected chi connectivity index (χ4v) is 3.50. The molecule has 0 saturated carbocycles. The predicted molar refractivity (Wildman–Crippen MR) is 127 cm³/mol. The molecule has 0 fully saturated rings. The molecular formula is C25H21ClN4O2. The van der Waals surface area contributed by atoms with Crippen molar-refractivity contribution < 1.29 is 9.90 Å². The normalized spacial score (nSPS) is 10.5. The van der Waals surface area contributed by atoms with Crippen molar-refractivity contribution in [3.05, 3.63) is 112 Å². The lowest BCUT2D eigenvalue weighted by Gasteiger charge is -2.14. The Labute approximate surface area is 190 Å². The molecule has 0 atom stereocenters. The number of para-hydroxylation sites is 1. The third-order valence-electron chi connectivity index (χ3n) is 4.87. The van der Waals surface area contributed by atoms with Crippen molar-refractivity contribution in [2.24, 2.45) is 0 Å². The van der Waals surface area contributed by atoms with Gasteiger partial charge < -0.3 is 15.7 Å². The van der Waals surface area contributed by atoms with Crippen LogP contribution in [0.15, 0.2) is 85.1 Å². The molecule has 3 N–H and O–H groups in total. The Bertz CT molecular complexity index is 1230. The Morgan fingerprint density at radius 3 is 2.47 bits per heavy atom. The molecule has 4 rings (SSSR count). The molecule has 0 aliphatic heterocycles. The number of nitrogens with zero attached hydrogens (tertiary/aromatic N) is 2. The van der Waals surface area contributed by atoms with Gasteiger partial charge in [-0.1, -0.05) is 72.3 Å². The summed E-state index contributed by atoms with van der Waals surface area (Å²) in [6.07, 6.45) is 2.01. The van der Waals surface area contributed by atoms with Gasteiger partial charge in [0.05, 0.1) is 0 Å². The van der Waals surface area contributed by atoms with Gasteiger partial charge in [-0.15, -0.1) is 0 Å². The number of anilines is 3. The van der Waals surface area contributed by atoms with E-state index in [1.807, 2.05) is 60.7 Å². The van der Waals surface area contributed by atoms with Gasteiger partial charge in [-0.25, -0.2) is 9.78 Å². The highest BCUT2D eigenvalue weighted by atomic mass is 35.5. The van der Waals surface area contributed by atoms with Crippen LogP contribution in [0.3, 0.4) is 0 Å². The van der Waals surface area contributed by atoms with Crippen molar-refractivity contribution in [1.82, 2.24) is 9.97 Å². The van der Waals surface area contributed by atoms with Gasteiger partial charge in [0.1, 0.15) is 5.56 Å². The van der Waals surface area contributed by atoms with Crippen LogP contribution in [0, 0.1) is 0 Å². The van der Waals surface area contributed by atoms with Crippen molar-refractivity contribution in [3.63, 3.8) is 0 Å². The van der Waals surface area contributed by atoms with E-state index in [0.29, 0.717) is 23.9 Å². The number of halogens is 1. The van der Waals surface area contributed by atoms with Gasteiger partial charge in [-0.3, -0.25) is 0 Å². The monoisotopic (exact) mass is 444 g/mol. The molecule has 7 heteroatoms. The van der Waals surface area contributed by atoms with Gasteiger partial charge in [-0.05, 0) is 41.3 Å². The minimum absolute atomic E-state index is 0.00665. The maximum absolute atomic E-state index is 11.8. The first-order valence-electron chi connectivity index (χ1n) is 10.1. The number of hydrogen-bond acceptors (Lipinski definition) is 5. The van der Waals surface area contributed by atoms with Crippen molar-refractivity contribution >= 4 is 35.0 Å². The first-order chi connectivity index (χ1) is 15.6. The van der Waals surface area contributed by atoms with Gasteiger partial charge in [0.15, 0.2) is 5.82 Å². The molecule has 4 aromatic rings. The fraction of sp³-hybridized carbons (Fsp3) is 0.0800. The molecule has 0 aliphatic rings. The lowest BCUT2D eigenvalue weighted by atomic mass is 10.0. The third-order valence-corrected chi connectivity index (χ3v) is 5.10. The van der Waals surface area contributed by atoms with Crippen molar-refractivity contribution in [2.75, 3.05) is 10.6 Å². The van der Waals surface area contributed by atoms with Crippen LogP contribution < -0.4 is 10.6 Å². The number of carboxylic acid groups (broad SMARTS) is 1. The molecular weight excluding hydrogens is 424 g/mol. The molecule has 1 aromatic heterocycles. The molecule has 0 aliphatic carbocycles. The topological polar surface area (TPSA) is 87.1 Å². The summed E-state index contributed by atoms with van der Waals surface area (Å²) in [6.45, 7) is 0.455. The summed E-state index contributed by atoms with van der Waals surface area (Å²) in [5.41, 5.74) is 3.94. The van der Waals surface area contributed by atoms with E-state index in [9.17, 15) is 9.90 Å². The Morgan fingerprint density at radius 1 is 0.938 bits per heavy atom.